The number of ether oxygens (including phenoxy) is 2. The van der Waals surface area contributed by atoms with Crippen molar-refractivity contribution >= 4 is 22.6 Å². The summed E-state index contributed by atoms with van der Waals surface area (Å²) >= 11 is 2.54. The summed E-state index contributed by atoms with van der Waals surface area (Å²) in [5.74, 6) is 1.85. The van der Waals surface area contributed by atoms with Crippen molar-refractivity contribution in [1.82, 2.24) is 0 Å². The summed E-state index contributed by atoms with van der Waals surface area (Å²) in [6.45, 7) is 7.69. The van der Waals surface area contributed by atoms with E-state index in [9.17, 15) is 0 Å². The second-order valence-electron chi connectivity index (χ2n) is 5.44. The molecular formula is C16H29IO2. The third kappa shape index (κ3) is 6.58. The van der Waals surface area contributed by atoms with Gasteiger partial charge in [-0.3, -0.25) is 0 Å². The van der Waals surface area contributed by atoms with Crippen molar-refractivity contribution in [3.05, 3.63) is 11.6 Å². The first-order valence-corrected chi connectivity index (χ1v) is 9.18. The van der Waals surface area contributed by atoms with Crippen LogP contribution >= 0.6 is 22.6 Å². The van der Waals surface area contributed by atoms with E-state index in [-0.39, 0.29) is 6.29 Å². The molecule has 0 aromatic heterocycles. The van der Waals surface area contributed by atoms with Crippen LogP contribution in [0.4, 0.5) is 0 Å². The van der Waals surface area contributed by atoms with E-state index >= 15 is 0 Å². The van der Waals surface area contributed by atoms with Crippen LogP contribution in [0.1, 0.15) is 52.9 Å². The van der Waals surface area contributed by atoms with Crippen LogP contribution in [-0.4, -0.2) is 23.9 Å². The smallest absolute Gasteiger partial charge is 0.161 e. The maximum Gasteiger partial charge on any atom is 0.161 e. The lowest BCUT2D eigenvalue weighted by molar-refractivity contribution is -0.134. The van der Waals surface area contributed by atoms with Crippen LogP contribution in [0.3, 0.4) is 0 Å². The van der Waals surface area contributed by atoms with Gasteiger partial charge in [-0.25, -0.2) is 0 Å². The van der Waals surface area contributed by atoms with Gasteiger partial charge in [-0.2, -0.15) is 0 Å². The van der Waals surface area contributed by atoms with E-state index in [1.54, 1.807) is 0 Å². The number of rotatable bonds is 9. The Kier molecular flexibility index (Phi) is 9.33. The third-order valence-corrected chi connectivity index (χ3v) is 5.11. The lowest BCUT2D eigenvalue weighted by Gasteiger charge is -2.18. The Morgan fingerprint density at radius 3 is 2.42 bits per heavy atom. The zero-order valence-corrected chi connectivity index (χ0v) is 14.8. The average molecular weight is 380 g/mol. The topological polar surface area (TPSA) is 18.5 Å². The summed E-state index contributed by atoms with van der Waals surface area (Å²) in [5.41, 5.74) is 1.41. The van der Waals surface area contributed by atoms with Crippen molar-refractivity contribution in [2.24, 2.45) is 11.8 Å². The SMILES string of the molecule is CCOC(C/C(C)=C/C[C@H]1CCC[C@@H]1CI)OCC. The maximum absolute atomic E-state index is 5.60. The highest BCUT2D eigenvalue weighted by Gasteiger charge is 2.25. The van der Waals surface area contributed by atoms with Gasteiger partial charge in [0.1, 0.15) is 0 Å². The Morgan fingerprint density at radius 2 is 1.84 bits per heavy atom. The Labute approximate surface area is 132 Å². The van der Waals surface area contributed by atoms with Gasteiger partial charge in [-0.1, -0.05) is 40.7 Å². The first kappa shape index (κ1) is 17.4. The lowest BCUT2D eigenvalue weighted by Crippen LogP contribution is -2.17. The van der Waals surface area contributed by atoms with E-state index in [1.165, 1.54) is 35.7 Å². The molecule has 1 aliphatic rings. The standard InChI is InChI=1S/C16H29IO2/c1-4-18-16(19-5-2)11-13(3)9-10-14-7-6-8-15(14)12-17/h9,14-16H,4-8,10-12H2,1-3H3/b13-9+/t14-,15-/m1/s1. The highest BCUT2D eigenvalue weighted by Crippen LogP contribution is 2.35. The van der Waals surface area contributed by atoms with E-state index in [2.05, 4.69) is 35.6 Å². The van der Waals surface area contributed by atoms with E-state index in [0.717, 1.165) is 31.5 Å². The summed E-state index contributed by atoms with van der Waals surface area (Å²) in [5, 5.41) is 0. The fraction of sp³-hybridized carbons (Fsp3) is 0.875. The molecule has 19 heavy (non-hydrogen) atoms. The molecule has 1 fully saturated rings. The first-order chi connectivity index (χ1) is 9.21. The van der Waals surface area contributed by atoms with Crippen molar-refractivity contribution in [3.63, 3.8) is 0 Å². The minimum Gasteiger partial charge on any atom is -0.353 e. The maximum atomic E-state index is 5.60. The molecule has 0 N–H and O–H groups in total. The fourth-order valence-electron chi connectivity index (χ4n) is 2.86. The van der Waals surface area contributed by atoms with Gasteiger partial charge in [-0.15, -0.1) is 0 Å². The van der Waals surface area contributed by atoms with Crippen LogP contribution in [0.25, 0.3) is 0 Å². The molecule has 0 bridgehead atoms. The predicted octanol–water partition coefficient (Wildman–Crippen LogP) is 4.96. The molecule has 112 valence electrons. The fourth-order valence-corrected chi connectivity index (χ4v) is 4.02. The highest BCUT2D eigenvalue weighted by molar-refractivity contribution is 14.1. The zero-order valence-electron chi connectivity index (χ0n) is 12.7. The summed E-state index contributed by atoms with van der Waals surface area (Å²) in [4.78, 5) is 0. The van der Waals surface area contributed by atoms with Crippen LogP contribution in [-0.2, 0) is 9.47 Å². The lowest BCUT2D eigenvalue weighted by atomic mass is 9.93. The van der Waals surface area contributed by atoms with Gasteiger partial charge in [0.05, 0.1) is 0 Å². The first-order valence-electron chi connectivity index (χ1n) is 7.66. The molecule has 0 aromatic rings. The van der Waals surface area contributed by atoms with Crippen molar-refractivity contribution < 1.29 is 9.47 Å². The molecular weight excluding hydrogens is 351 g/mol. The Hall–Kier alpha value is 0.390. The minimum atomic E-state index is -0.0600. The minimum absolute atomic E-state index is 0.0600. The summed E-state index contributed by atoms with van der Waals surface area (Å²) < 4.78 is 12.5. The van der Waals surface area contributed by atoms with Gasteiger partial charge in [-0.05, 0) is 51.9 Å². The normalized spacial score (nSPS) is 24.4. The van der Waals surface area contributed by atoms with E-state index < -0.39 is 0 Å². The summed E-state index contributed by atoms with van der Waals surface area (Å²) in [6.07, 6.45) is 8.77. The summed E-state index contributed by atoms with van der Waals surface area (Å²) in [6, 6.07) is 0. The largest absolute Gasteiger partial charge is 0.353 e. The third-order valence-electron chi connectivity index (χ3n) is 3.98. The van der Waals surface area contributed by atoms with Gasteiger partial charge in [0.25, 0.3) is 0 Å². The van der Waals surface area contributed by atoms with Crippen molar-refractivity contribution in [2.45, 2.75) is 59.2 Å². The number of hydrogen-bond donors (Lipinski definition) is 0. The Morgan fingerprint density at radius 1 is 1.21 bits per heavy atom. The molecule has 1 rings (SSSR count). The molecule has 0 aromatic carbocycles. The molecule has 1 saturated carbocycles. The summed E-state index contributed by atoms with van der Waals surface area (Å²) in [7, 11) is 0. The second kappa shape index (κ2) is 10.2. The molecule has 3 heteroatoms. The van der Waals surface area contributed by atoms with Crippen LogP contribution in [0, 0.1) is 11.8 Å². The highest BCUT2D eigenvalue weighted by atomic mass is 127. The van der Waals surface area contributed by atoms with Crippen molar-refractivity contribution in [2.75, 3.05) is 17.6 Å². The molecule has 0 radical (unpaired) electrons. The van der Waals surface area contributed by atoms with Crippen LogP contribution < -0.4 is 0 Å². The van der Waals surface area contributed by atoms with Gasteiger partial charge >= 0.3 is 0 Å². The van der Waals surface area contributed by atoms with E-state index in [4.69, 9.17) is 9.47 Å². The van der Waals surface area contributed by atoms with E-state index in [1.807, 2.05) is 13.8 Å². The van der Waals surface area contributed by atoms with Gasteiger partial charge in [0.2, 0.25) is 0 Å². The number of alkyl halides is 1. The van der Waals surface area contributed by atoms with Crippen LogP contribution in [0.2, 0.25) is 0 Å². The molecule has 0 saturated heterocycles. The van der Waals surface area contributed by atoms with Crippen molar-refractivity contribution in [3.8, 4) is 0 Å². The van der Waals surface area contributed by atoms with Crippen LogP contribution in [0.15, 0.2) is 11.6 Å². The van der Waals surface area contributed by atoms with Crippen molar-refractivity contribution in [1.29, 1.82) is 0 Å². The predicted molar refractivity (Wildman–Crippen MR) is 89.7 cm³/mol. The molecule has 0 heterocycles. The molecule has 2 nitrogen and oxygen atoms in total. The Balaban J connectivity index is 2.38. The molecule has 1 aliphatic carbocycles. The molecule has 0 spiro atoms. The second-order valence-corrected chi connectivity index (χ2v) is 6.32. The van der Waals surface area contributed by atoms with Gasteiger partial charge in [0.15, 0.2) is 6.29 Å². The molecule has 0 aliphatic heterocycles. The number of hydrogen-bond acceptors (Lipinski definition) is 2. The molecule has 0 unspecified atom stereocenters. The average Bonchev–Trinajstić information content (AvgIpc) is 2.84. The van der Waals surface area contributed by atoms with Gasteiger partial charge < -0.3 is 9.47 Å². The van der Waals surface area contributed by atoms with Gasteiger partial charge in [0, 0.05) is 24.1 Å². The van der Waals surface area contributed by atoms with E-state index in [0.29, 0.717) is 0 Å². The quantitative estimate of drug-likeness (QED) is 0.244. The number of allylic oxidation sites excluding steroid dienone is 1. The molecule has 2 atom stereocenters. The Bertz CT molecular complexity index is 259. The monoisotopic (exact) mass is 380 g/mol. The molecule has 0 amide bonds. The number of halogens is 1. The van der Waals surface area contributed by atoms with Crippen LogP contribution in [0.5, 0.6) is 0 Å². The zero-order chi connectivity index (χ0) is 14.1.